The minimum Gasteiger partial charge on any atom is -0.344 e. The minimum absolute atomic E-state index is 0.0641. The summed E-state index contributed by atoms with van der Waals surface area (Å²) < 4.78 is 0. The number of hydrogen-bond acceptors (Lipinski definition) is 3. The first-order valence-corrected chi connectivity index (χ1v) is 6.88. The summed E-state index contributed by atoms with van der Waals surface area (Å²) in [6, 6.07) is 8.14. The Labute approximate surface area is 119 Å². The first-order chi connectivity index (χ1) is 9.54. The maximum atomic E-state index is 11.4. The molecule has 1 aromatic carbocycles. The van der Waals surface area contributed by atoms with Crippen molar-refractivity contribution in [3.8, 4) is 0 Å². The number of piperidine rings is 1. The van der Waals surface area contributed by atoms with Crippen LogP contribution in [0.1, 0.15) is 25.3 Å². The molecule has 0 bridgehead atoms. The molecule has 108 valence electrons. The average molecular weight is 275 g/mol. The van der Waals surface area contributed by atoms with Crippen LogP contribution in [-0.4, -0.2) is 36.3 Å². The summed E-state index contributed by atoms with van der Waals surface area (Å²) in [4.78, 5) is 24.1. The van der Waals surface area contributed by atoms with E-state index in [1.165, 1.54) is 12.5 Å². The number of nitrogens with one attached hydrogen (secondary N) is 2. The van der Waals surface area contributed by atoms with E-state index in [1.807, 2.05) is 31.3 Å². The molecule has 0 spiro atoms. The van der Waals surface area contributed by atoms with Crippen molar-refractivity contribution in [1.82, 2.24) is 10.2 Å². The fourth-order valence-corrected chi connectivity index (χ4v) is 2.35. The Balaban J connectivity index is 1.82. The van der Waals surface area contributed by atoms with Crippen molar-refractivity contribution in [3.63, 3.8) is 0 Å². The maximum Gasteiger partial charge on any atom is 0.222 e. The summed E-state index contributed by atoms with van der Waals surface area (Å²) in [5, 5.41) is 6.21. The van der Waals surface area contributed by atoms with E-state index in [0.717, 1.165) is 25.2 Å². The smallest absolute Gasteiger partial charge is 0.222 e. The van der Waals surface area contributed by atoms with Crippen LogP contribution in [0.3, 0.4) is 0 Å². The Hall–Kier alpha value is -1.88. The van der Waals surface area contributed by atoms with Gasteiger partial charge in [0.15, 0.2) is 0 Å². The normalized spacial score (nSPS) is 19.0. The predicted octanol–water partition coefficient (Wildman–Crippen LogP) is 1.36. The number of nitrogens with zero attached hydrogens (tertiary/aromatic N) is 1. The number of hydrogen-bond donors (Lipinski definition) is 2. The lowest BCUT2D eigenvalue weighted by Gasteiger charge is -2.30. The number of carbonyl (C=O) groups is 2. The zero-order chi connectivity index (χ0) is 14.5. The Morgan fingerprint density at radius 2 is 2.05 bits per heavy atom. The Bertz CT molecular complexity index is 484. The van der Waals surface area contributed by atoms with Crippen LogP contribution in [-0.2, 0) is 16.1 Å². The van der Waals surface area contributed by atoms with Crippen molar-refractivity contribution >= 4 is 17.5 Å². The van der Waals surface area contributed by atoms with Crippen molar-refractivity contribution in [2.45, 2.75) is 32.4 Å². The molecule has 1 aliphatic heterocycles. The Morgan fingerprint density at radius 1 is 1.35 bits per heavy atom. The van der Waals surface area contributed by atoms with Crippen LogP contribution in [0.5, 0.6) is 0 Å². The van der Waals surface area contributed by atoms with Crippen molar-refractivity contribution < 1.29 is 9.59 Å². The highest BCUT2D eigenvalue weighted by Crippen LogP contribution is 2.12. The third-order valence-corrected chi connectivity index (χ3v) is 3.50. The minimum atomic E-state index is -0.0641. The largest absolute Gasteiger partial charge is 0.344 e. The fourth-order valence-electron chi connectivity index (χ4n) is 2.35. The van der Waals surface area contributed by atoms with Gasteiger partial charge >= 0.3 is 0 Å². The molecule has 0 radical (unpaired) electrons. The van der Waals surface area contributed by atoms with E-state index in [1.54, 1.807) is 4.90 Å². The van der Waals surface area contributed by atoms with Gasteiger partial charge in [-0.25, -0.2) is 0 Å². The van der Waals surface area contributed by atoms with Gasteiger partial charge in [-0.05, 0) is 24.1 Å². The number of amides is 2. The summed E-state index contributed by atoms with van der Waals surface area (Å²) in [6.07, 6.45) is 1.52. The number of likely N-dealkylation sites (tertiary alicyclic amines) is 1. The van der Waals surface area contributed by atoms with E-state index in [9.17, 15) is 9.59 Å². The zero-order valence-electron chi connectivity index (χ0n) is 12.0. The molecule has 1 heterocycles. The Morgan fingerprint density at radius 3 is 2.65 bits per heavy atom. The van der Waals surface area contributed by atoms with Crippen LogP contribution in [0.4, 0.5) is 5.69 Å². The van der Waals surface area contributed by atoms with Crippen LogP contribution in [0.25, 0.3) is 0 Å². The number of benzene rings is 1. The summed E-state index contributed by atoms with van der Waals surface area (Å²) in [6.45, 7) is 3.03. The second-order valence-corrected chi connectivity index (χ2v) is 5.27. The highest BCUT2D eigenvalue weighted by atomic mass is 16.2. The SMILES string of the molecule is CC(=O)Nc1ccc(CNC2CCC(=O)N(C)C2)cc1. The van der Waals surface area contributed by atoms with Crippen LogP contribution >= 0.6 is 0 Å². The number of likely N-dealkylation sites (N-methyl/N-ethyl adjacent to an activating group) is 1. The highest BCUT2D eigenvalue weighted by molar-refractivity contribution is 5.88. The van der Waals surface area contributed by atoms with Crippen molar-refractivity contribution in [1.29, 1.82) is 0 Å². The molecule has 20 heavy (non-hydrogen) atoms. The van der Waals surface area contributed by atoms with Crippen LogP contribution < -0.4 is 10.6 Å². The molecule has 1 aliphatic rings. The second kappa shape index (κ2) is 6.52. The van der Waals surface area contributed by atoms with Crippen molar-refractivity contribution in [3.05, 3.63) is 29.8 Å². The van der Waals surface area contributed by atoms with Gasteiger partial charge < -0.3 is 15.5 Å². The quantitative estimate of drug-likeness (QED) is 0.872. The van der Waals surface area contributed by atoms with E-state index < -0.39 is 0 Å². The molecule has 2 amide bonds. The van der Waals surface area contributed by atoms with Crippen molar-refractivity contribution in [2.75, 3.05) is 18.9 Å². The van der Waals surface area contributed by atoms with Gasteiger partial charge in [-0.2, -0.15) is 0 Å². The van der Waals surface area contributed by atoms with E-state index in [0.29, 0.717) is 12.5 Å². The molecule has 0 aliphatic carbocycles. The molecule has 0 saturated carbocycles. The van der Waals surface area contributed by atoms with Crippen molar-refractivity contribution in [2.24, 2.45) is 0 Å². The van der Waals surface area contributed by atoms with Crippen LogP contribution in [0.2, 0.25) is 0 Å². The number of carbonyl (C=O) groups excluding carboxylic acids is 2. The van der Waals surface area contributed by atoms with Crippen LogP contribution in [0.15, 0.2) is 24.3 Å². The van der Waals surface area contributed by atoms with Gasteiger partial charge in [0.2, 0.25) is 11.8 Å². The first-order valence-electron chi connectivity index (χ1n) is 6.88. The summed E-state index contributed by atoms with van der Waals surface area (Å²) >= 11 is 0. The average Bonchev–Trinajstić information content (AvgIpc) is 2.41. The third-order valence-electron chi connectivity index (χ3n) is 3.50. The van der Waals surface area contributed by atoms with E-state index in [2.05, 4.69) is 10.6 Å². The second-order valence-electron chi connectivity index (χ2n) is 5.27. The standard InChI is InChI=1S/C15H21N3O2/c1-11(19)17-13-5-3-12(4-6-13)9-16-14-7-8-15(20)18(2)10-14/h3-6,14,16H,7-10H2,1-2H3,(H,17,19). The highest BCUT2D eigenvalue weighted by Gasteiger charge is 2.21. The maximum absolute atomic E-state index is 11.4. The molecule has 5 nitrogen and oxygen atoms in total. The third kappa shape index (κ3) is 4.06. The lowest BCUT2D eigenvalue weighted by Crippen LogP contribution is -2.46. The van der Waals surface area contributed by atoms with Gasteiger partial charge in [-0.1, -0.05) is 12.1 Å². The monoisotopic (exact) mass is 275 g/mol. The number of rotatable bonds is 4. The Kier molecular flexibility index (Phi) is 4.74. The molecule has 0 aromatic heterocycles. The molecule has 1 unspecified atom stereocenters. The molecular formula is C15H21N3O2. The predicted molar refractivity (Wildman–Crippen MR) is 78.2 cm³/mol. The number of anilines is 1. The van der Waals surface area contributed by atoms with E-state index in [4.69, 9.17) is 0 Å². The molecular weight excluding hydrogens is 254 g/mol. The summed E-state index contributed by atoms with van der Waals surface area (Å²) in [7, 11) is 1.85. The first kappa shape index (κ1) is 14.5. The molecule has 1 saturated heterocycles. The van der Waals surface area contributed by atoms with Gasteiger partial charge in [0.1, 0.15) is 0 Å². The van der Waals surface area contributed by atoms with E-state index >= 15 is 0 Å². The van der Waals surface area contributed by atoms with Gasteiger partial charge in [0, 0.05) is 45.2 Å². The van der Waals surface area contributed by atoms with Gasteiger partial charge in [0.25, 0.3) is 0 Å². The molecule has 5 heteroatoms. The topological polar surface area (TPSA) is 61.4 Å². The molecule has 1 fully saturated rings. The molecule has 1 atom stereocenters. The molecule has 2 rings (SSSR count). The lowest BCUT2D eigenvalue weighted by molar-refractivity contribution is -0.132. The fraction of sp³-hybridized carbons (Fsp3) is 0.467. The summed E-state index contributed by atoms with van der Waals surface area (Å²) in [5.41, 5.74) is 1.97. The van der Waals surface area contributed by atoms with Gasteiger partial charge in [-0.3, -0.25) is 9.59 Å². The molecule has 2 N–H and O–H groups in total. The molecule has 1 aromatic rings. The van der Waals surface area contributed by atoms with Gasteiger partial charge in [0.05, 0.1) is 0 Å². The van der Waals surface area contributed by atoms with Crippen LogP contribution in [0, 0.1) is 0 Å². The van der Waals surface area contributed by atoms with Gasteiger partial charge in [-0.15, -0.1) is 0 Å². The lowest BCUT2D eigenvalue weighted by atomic mass is 10.1. The summed E-state index contributed by atoms with van der Waals surface area (Å²) in [5.74, 6) is 0.161. The zero-order valence-corrected chi connectivity index (χ0v) is 12.0. The van der Waals surface area contributed by atoms with E-state index in [-0.39, 0.29) is 11.8 Å².